The number of ether oxygens (including phenoxy) is 1. The van der Waals surface area contributed by atoms with Crippen molar-refractivity contribution in [2.75, 3.05) is 33.4 Å². The number of thiophene rings is 1. The monoisotopic (exact) mass is 446 g/mol. The molecule has 2 amide bonds. The van der Waals surface area contributed by atoms with Crippen molar-refractivity contribution < 1.29 is 14.3 Å². The summed E-state index contributed by atoms with van der Waals surface area (Å²) in [4.78, 5) is 31.2. The van der Waals surface area contributed by atoms with Crippen molar-refractivity contribution in [1.29, 1.82) is 0 Å². The fourth-order valence-electron chi connectivity index (χ4n) is 4.10. The van der Waals surface area contributed by atoms with Crippen molar-refractivity contribution in [1.82, 2.24) is 9.80 Å². The van der Waals surface area contributed by atoms with E-state index in [4.69, 9.17) is 16.3 Å². The van der Waals surface area contributed by atoms with Gasteiger partial charge in [0.25, 0.3) is 0 Å². The van der Waals surface area contributed by atoms with Gasteiger partial charge in [-0.3, -0.25) is 9.59 Å². The molecule has 30 heavy (non-hydrogen) atoms. The van der Waals surface area contributed by atoms with Crippen LogP contribution in [0.3, 0.4) is 0 Å². The van der Waals surface area contributed by atoms with E-state index >= 15 is 0 Å². The van der Waals surface area contributed by atoms with Crippen molar-refractivity contribution in [3.05, 3.63) is 56.7 Å². The Labute approximate surface area is 186 Å². The lowest BCUT2D eigenvalue weighted by atomic mass is 9.93. The highest BCUT2D eigenvalue weighted by molar-refractivity contribution is 7.10. The SMILES string of the molecule is COCCCN(CC(=O)N1CCc2sccc2C1c1ccc(Cl)cc1)C(=O)C1CC1. The van der Waals surface area contributed by atoms with Crippen LogP contribution in [0.2, 0.25) is 5.02 Å². The molecule has 1 aliphatic heterocycles. The predicted octanol–water partition coefficient (Wildman–Crippen LogP) is 4.15. The molecule has 2 aliphatic rings. The van der Waals surface area contributed by atoms with Crippen LogP contribution in [0, 0.1) is 5.92 Å². The Morgan fingerprint density at radius 1 is 1.23 bits per heavy atom. The quantitative estimate of drug-likeness (QED) is 0.572. The topological polar surface area (TPSA) is 49.9 Å². The van der Waals surface area contributed by atoms with Crippen LogP contribution in [0.25, 0.3) is 0 Å². The van der Waals surface area contributed by atoms with Gasteiger partial charge in [-0.15, -0.1) is 11.3 Å². The molecule has 2 aromatic rings. The minimum atomic E-state index is -0.137. The fraction of sp³-hybridized carbons (Fsp3) is 0.478. The first-order valence-corrected chi connectivity index (χ1v) is 11.7. The summed E-state index contributed by atoms with van der Waals surface area (Å²) in [5, 5.41) is 2.77. The van der Waals surface area contributed by atoms with Crippen molar-refractivity contribution in [2.45, 2.75) is 31.7 Å². The predicted molar refractivity (Wildman–Crippen MR) is 119 cm³/mol. The average Bonchev–Trinajstić information content (AvgIpc) is 3.49. The highest BCUT2D eigenvalue weighted by Crippen LogP contribution is 2.38. The van der Waals surface area contributed by atoms with Gasteiger partial charge in [-0.05, 0) is 60.4 Å². The number of amides is 2. The van der Waals surface area contributed by atoms with E-state index in [1.165, 1.54) is 10.4 Å². The molecule has 7 heteroatoms. The van der Waals surface area contributed by atoms with Crippen molar-refractivity contribution in [3.8, 4) is 0 Å². The van der Waals surface area contributed by atoms with Crippen LogP contribution < -0.4 is 0 Å². The molecule has 1 aliphatic carbocycles. The van der Waals surface area contributed by atoms with Gasteiger partial charge < -0.3 is 14.5 Å². The van der Waals surface area contributed by atoms with Gasteiger partial charge in [-0.1, -0.05) is 23.7 Å². The molecule has 5 nitrogen and oxygen atoms in total. The Hall–Kier alpha value is -1.89. The molecule has 2 heterocycles. The van der Waals surface area contributed by atoms with Gasteiger partial charge in [-0.2, -0.15) is 0 Å². The van der Waals surface area contributed by atoms with Gasteiger partial charge in [0.1, 0.15) is 0 Å². The standard InChI is InChI=1S/C23H27ClN2O3S/c1-29-13-2-11-25(23(28)17-3-4-17)15-21(27)26-12-9-20-19(10-14-30-20)22(26)16-5-7-18(24)8-6-16/h5-8,10,14,17,22H,2-4,9,11-13,15H2,1H3. The van der Waals surface area contributed by atoms with Crippen molar-refractivity contribution in [2.24, 2.45) is 5.92 Å². The molecule has 0 spiro atoms. The number of fused-ring (bicyclic) bond motifs is 1. The first-order valence-electron chi connectivity index (χ1n) is 10.5. The lowest BCUT2D eigenvalue weighted by molar-refractivity contribution is -0.142. The van der Waals surface area contributed by atoms with E-state index in [9.17, 15) is 9.59 Å². The zero-order valence-electron chi connectivity index (χ0n) is 17.2. The van der Waals surface area contributed by atoms with Crippen molar-refractivity contribution in [3.63, 3.8) is 0 Å². The molecule has 0 saturated heterocycles. The number of carbonyl (C=O) groups is 2. The fourth-order valence-corrected chi connectivity index (χ4v) is 5.13. The molecule has 160 valence electrons. The van der Waals surface area contributed by atoms with Crippen LogP contribution in [0.1, 0.15) is 41.3 Å². The summed E-state index contributed by atoms with van der Waals surface area (Å²) in [7, 11) is 1.65. The molecule has 1 unspecified atom stereocenters. The van der Waals surface area contributed by atoms with Crippen LogP contribution in [-0.4, -0.2) is 55.0 Å². The molecule has 0 N–H and O–H groups in total. The number of nitrogens with zero attached hydrogens (tertiary/aromatic N) is 2. The van der Waals surface area contributed by atoms with Gasteiger partial charge in [0.2, 0.25) is 11.8 Å². The highest BCUT2D eigenvalue weighted by Gasteiger charge is 2.37. The van der Waals surface area contributed by atoms with E-state index in [0.717, 1.165) is 31.2 Å². The largest absolute Gasteiger partial charge is 0.385 e. The van der Waals surface area contributed by atoms with Crippen LogP contribution in [-0.2, 0) is 20.7 Å². The maximum Gasteiger partial charge on any atom is 0.242 e. The third-order valence-electron chi connectivity index (χ3n) is 5.81. The second-order valence-electron chi connectivity index (χ2n) is 7.97. The van der Waals surface area contributed by atoms with Crippen LogP contribution in [0.5, 0.6) is 0 Å². The summed E-state index contributed by atoms with van der Waals surface area (Å²) in [6.07, 6.45) is 3.45. The minimum Gasteiger partial charge on any atom is -0.385 e. The zero-order valence-corrected chi connectivity index (χ0v) is 18.8. The molecular formula is C23H27ClN2O3S. The smallest absolute Gasteiger partial charge is 0.242 e. The lowest BCUT2D eigenvalue weighted by Gasteiger charge is -2.37. The first kappa shape index (κ1) is 21.3. The van der Waals surface area contributed by atoms with E-state index in [2.05, 4.69) is 11.4 Å². The Balaban J connectivity index is 1.55. The lowest BCUT2D eigenvalue weighted by Crippen LogP contribution is -2.47. The second-order valence-corrected chi connectivity index (χ2v) is 9.41. The highest BCUT2D eigenvalue weighted by atomic mass is 35.5. The average molecular weight is 447 g/mol. The Bertz CT molecular complexity index is 894. The zero-order chi connectivity index (χ0) is 21.1. The van der Waals surface area contributed by atoms with Gasteiger partial charge in [0.15, 0.2) is 0 Å². The van der Waals surface area contributed by atoms with E-state index < -0.39 is 0 Å². The van der Waals surface area contributed by atoms with Gasteiger partial charge in [0.05, 0.1) is 12.6 Å². The summed E-state index contributed by atoms with van der Waals surface area (Å²) in [6, 6.07) is 9.70. The summed E-state index contributed by atoms with van der Waals surface area (Å²) in [6.45, 7) is 1.92. The van der Waals surface area contributed by atoms with Gasteiger partial charge in [-0.25, -0.2) is 0 Å². The molecular weight excluding hydrogens is 420 g/mol. The molecule has 1 atom stereocenters. The van der Waals surface area contributed by atoms with Crippen LogP contribution in [0.4, 0.5) is 0 Å². The molecule has 1 aromatic carbocycles. The number of carbonyl (C=O) groups excluding carboxylic acids is 2. The van der Waals surface area contributed by atoms with E-state index in [0.29, 0.717) is 24.7 Å². The molecule has 4 rings (SSSR count). The second kappa shape index (κ2) is 9.50. The van der Waals surface area contributed by atoms with Crippen LogP contribution in [0.15, 0.2) is 35.7 Å². The number of benzene rings is 1. The summed E-state index contributed by atoms with van der Waals surface area (Å²) in [5.41, 5.74) is 2.23. The summed E-state index contributed by atoms with van der Waals surface area (Å²) >= 11 is 7.84. The molecule has 0 bridgehead atoms. The maximum absolute atomic E-state index is 13.4. The number of rotatable bonds is 8. The minimum absolute atomic E-state index is 0.00165. The first-order chi connectivity index (χ1) is 14.6. The Morgan fingerprint density at radius 3 is 2.70 bits per heavy atom. The van der Waals surface area contributed by atoms with E-state index in [-0.39, 0.29) is 30.3 Å². The normalized spacial score (nSPS) is 18.2. The van der Waals surface area contributed by atoms with Gasteiger partial charge >= 0.3 is 0 Å². The number of hydrogen-bond donors (Lipinski definition) is 0. The third-order valence-corrected chi connectivity index (χ3v) is 7.06. The van der Waals surface area contributed by atoms with Gasteiger partial charge in [0, 0.05) is 42.6 Å². The van der Waals surface area contributed by atoms with E-state index in [1.54, 1.807) is 23.3 Å². The summed E-state index contributed by atoms with van der Waals surface area (Å²) in [5.74, 6) is 0.200. The van der Waals surface area contributed by atoms with Crippen LogP contribution >= 0.6 is 22.9 Å². The summed E-state index contributed by atoms with van der Waals surface area (Å²) < 4.78 is 5.14. The number of hydrogen-bond acceptors (Lipinski definition) is 4. The third kappa shape index (κ3) is 4.71. The number of methoxy groups -OCH3 is 1. The molecule has 1 aromatic heterocycles. The number of halogens is 1. The molecule has 0 radical (unpaired) electrons. The molecule has 1 saturated carbocycles. The van der Waals surface area contributed by atoms with Crippen molar-refractivity contribution >= 4 is 34.8 Å². The maximum atomic E-state index is 13.4. The molecule has 1 fully saturated rings. The Kier molecular flexibility index (Phi) is 6.76. The van der Waals surface area contributed by atoms with E-state index in [1.807, 2.05) is 29.2 Å². The Morgan fingerprint density at radius 2 is 2.00 bits per heavy atom.